The van der Waals surface area contributed by atoms with Crippen LogP contribution in [-0.2, 0) is 14.8 Å². The average Bonchev–Trinajstić information content (AvgIpc) is 3.34. The smallest absolute Gasteiger partial charge is 0.241 e. The molecule has 0 aliphatic carbocycles. The van der Waals surface area contributed by atoms with Gasteiger partial charge in [-0.25, -0.2) is 13.4 Å². The molecule has 3 heterocycles. The standard InChI is InChI=1S/C18H24N4O3S3/c1-26-14-6-3-7-15-16(14)19-18(27-15)21-11-9-20(10-12-21)17(23)13-5-4-8-22(13)28(2,24)25/h3,6-7,13H,4-5,8-12H2,1-2H3. The van der Waals surface area contributed by atoms with Gasteiger partial charge in [0.1, 0.15) is 6.04 Å². The van der Waals surface area contributed by atoms with Gasteiger partial charge in [-0.2, -0.15) is 4.31 Å². The molecule has 1 unspecified atom stereocenters. The van der Waals surface area contributed by atoms with Crippen LogP contribution < -0.4 is 4.90 Å². The van der Waals surface area contributed by atoms with Crippen molar-refractivity contribution in [3.63, 3.8) is 0 Å². The molecule has 1 atom stereocenters. The monoisotopic (exact) mass is 440 g/mol. The molecule has 2 aliphatic rings. The first-order valence-corrected chi connectivity index (χ1v) is 13.2. The van der Waals surface area contributed by atoms with Crippen molar-refractivity contribution in [2.24, 2.45) is 0 Å². The SMILES string of the molecule is CSc1cccc2sc(N3CCN(C(=O)C4CCCN4S(C)(=O)=O)CC3)nc12. The molecule has 2 aromatic rings. The van der Waals surface area contributed by atoms with Crippen LogP contribution in [0.5, 0.6) is 0 Å². The van der Waals surface area contributed by atoms with Crippen molar-refractivity contribution in [1.82, 2.24) is 14.2 Å². The molecule has 10 heteroatoms. The van der Waals surface area contributed by atoms with E-state index in [0.29, 0.717) is 39.1 Å². The fourth-order valence-corrected chi connectivity index (χ4v) is 6.72. The van der Waals surface area contributed by atoms with Crippen molar-refractivity contribution in [3.8, 4) is 0 Å². The second-order valence-electron chi connectivity index (χ2n) is 7.15. The Morgan fingerprint density at radius 3 is 2.64 bits per heavy atom. The van der Waals surface area contributed by atoms with E-state index in [1.165, 1.54) is 20.2 Å². The second kappa shape index (κ2) is 7.81. The van der Waals surface area contributed by atoms with Crippen molar-refractivity contribution in [3.05, 3.63) is 18.2 Å². The Labute approximate surface area is 173 Å². The summed E-state index contributed by atoms with van der Waals surface area (Å²) in [6.07, 6.45) is 4.60. The van der Waals surface area contributed by atoms with E-state index in [0.717, 1.165) is 17.1 Å². The van der Waals surface area contributed by atoms with Gasteiger partial charge in [0.05, 0.1) is 16.5 Å². The first-order valence-electron chi connectivity index (χ1n) is 9.32. The number of thioether (sulfide) groups is 1. The summed E-state index contributed by atoms with van der Waals surface area (Å²) < 4.78 is 26.4. The number of benzene rings is 1. The van der Waals surface area contributed by atoms with Crippen molar-refractivity contribution in [2.45, 2.75) is 23.8 Å². The summed E-state index contributed by atoms with van der Waals surface area (Å²) in [7, 11) is -3.35. The van der Waals surface area contributed by atoms with Gasteiger partial charge in [-0.1, -0.05) is 17.4 Å². The summed E-state index contributed by atoms with van der Waals surface area (Å²) in [5.41, 5.74) is 1.04. The van der Waals surface area contributed by atoms with Crippen molar-refractivity contribution < 1.29 is 13.2 Å². The number of carbonyl (C=O) groups excluding carboxylic acids is 1. The molecule has 0 radical (unpaired) electrons. The highest BCUT2D eigenvalue weighted by molar-refractivity contribution is 7.98. The largest absolute Gasteiger partial charge is 0.345 e. The maximum atomic E-state index is 12.9. The number of aromatic nitrogens is 1. The molecule has 1 amide bonds. The zero-order valence-corrected chi connectivity index (χ0v) is 18.4. The maximum absolute atomic E-state index is 12.9. The Balaban J connectivity index is 1.44. The highest BCUT2D eigenvalue weighted by Crippen LogP contribution is 2.34. The van der Waals surface area contributed by atoms with Crippen molar-refractivity contribution in [1.29, 1.82) is 0 Å². The van der Waals surface area contributed by atoms with Crippen LogP contribution in [0.25, 0.3) is 10.2 Å². The van der Waals surface area contributed by atoms with Gasteiger partial charge in [-0.3, -0.25) is 4.79 Å². The number of hydrogen-bond acceptors (Lipinski definition) is 7. The molecule has 28 heavy (non-hydrogen) atoms. The summed E-state index contributed by atoms with van der Waals surface area (Å²) in [6, 6.07) is 5.70. The number of carbonyl (C=O) groups is 1. The summed E-state index contributed by atoms with van der Waals surface area (Å²) in [6.45, 7) is 3.06. The van der Waals surface area contributed by atoms with E-state index in [4.69, 9.17) is 4.98 Å². The van der Waals surface area contributed by atoms with Crippen molar-refractivity contribution >= 4 is 54.4 Å². The van der Waals surface area contributed by atoms with Crippen LogP contribution in [0.4, 0.5) is 5.13 Å². The fraction of sp³-hybridized carbons (Fsp3) is 0.556. The van der Waals surface area contributed by atoms with E-state index in [1.54, 1.807) is 23.1 Å². The van der Waals surface area contributed by atoms with Crippen molar-refractivity contribution in [2.75, 3.05) is 50.1 Å². The molecule has 0 bridgehead atoms. The summed E-state index contributed by atoms with van der Waals surface area (Å²) in [5, 5.41) is 0.988. The average molecular weight is 441 g/mol. The zero-order valence-electron chi connectivity index (χ0n) is 16.0. The Kier molecular flexibility index (Phi) is 5.56. The first-order chi connectivity index (χ1) is 13.4. The molecule has 0 saturated carbocycles. The molecule has 1 aromatic heterocycles. The van der Waals surface area contributed by atoms with Gasteiger partial charge in [0.25, 0.3) is 0 Å². The fourth-order valence-electron chi connectivity index (χ4n) is 3.92. The number of rotatable bonds is 4. The molecule has 0 spiro atoms. The lowest BCUT2D eigenvalue weighted by molar-refractivity contribution is -0.134. The molecule has 4 rings (SSSR count). The van der Waals surface area contributed by atoms with Gasteiger partial charge in [-0.05, 0) is 31.2 Å². The predicted molar refractivity (Wildman–Crippen MR) is 115 cm³/mol. The number of nitrogens with zero attached hydrogens (tertiary/aromatic N) is 4. The van der Waals surface area contributed by atoms with E-state index < -0.39 is 16.1 Å². The number of para-hydroxylation sites is 1. The number of piperazine rings is 1. The minimum Gasteiger partial charge on any atom is -0.345 e. The summed E-state index contributed by atoms with van der Waals surface area (Å²) in [5.74, 6) is -0.0588. The van der Waals surface area contributed by atoms with E-state index in [1.807, 2.05) is 4.90 Å². The molecular formula is C18H24N4O3S3. The zero-order chi connectivity index (χ0) is 19.9. The molecular weight excluding hydrogens is 416 g/mol. The Morgan fingerprint density at radius 2 is 1.96 bits per heavy atom. The quantitative estimate of drug-likeness (QED) is 0.678. The molecule has 7 nitrogen and oxygen atoms in total. The van der Waals surface area contributed by atoms with Gasteiger partial charge in [0.2, 0.25) is 15.9 Å². The van der Waals surface area contributed by atoms with Gasteiger partial charge in [-0.15, -0.1) is 11.8 Å². The molecule has 1 aromatic carbocycles. The van der Waals surface area contributed by atoms with E-state index in [9.17, 15) is 13.2 Å². The van der Waals surface area contributed by atoms with E-state index >= 15 is 0 Å². The number of hydrogen-bond donors (Lipinski definition) is 0. The summed E-state index contributed by atoms with van der Waals surface area (Å²) >= 11 is 3.38. The third-order valence-electron chi connectivity index (χ3n) is 5.37. The summed E-state index contributed by atoms with van der Waals surface area (Å²) in [4.78, 5) is 23.0. The Morgan fingerprint density at radius 1 is 1.21 bits per heavy atom. The second-order valence-corrected chi connectivity index (χ2v) is 10.9. The highest BCUT2D eigenvalue weighted by atomic mass is 32.2. The third-order valence-corrected chi connectivity index (χ3v) is 8.51. The molecule has 2 aliphatic heterocycles. The molecule has 2 fully saturated rings. The molecule has 0 N–H and O–H groups in total. The number of anilines is 1. The number of amides is 1. The topological polar surface area (TPSA) is 73.8 Å². The minimum absolute atomic E-state index is 0.0588. The van der Waals surface area contributed by atoms with Crippen LogP contribution in [0.2, 0.25) is 0 Å². The third kappa shape index (κ3) is 3.74. The van der Waals surface area contributed by atoms with Crippen LogP contribution in [-0.4, -0.2) is 79.8 Å². The van der Waals surface area contributed by atoms with Crippen LogP contribution in [0.3, 0.4) is 0 Å². The van der Waals surface area contributed by atoms with Gasteiger partial charge >= 0.3 is 0 Å². The lowest BCUT2D eigenvalue weighted by atomic mass is 10.2. The van der Waals surface area contributed by atoms with Gasteiger partial charge in [0.15, 0.2) is 5.13 Å². The minimum atomic E-state index is -3.35. The van der Waals surface area contributed by atoms with Crippen LogP contribution in [0.15, 0.2) is 23.1 Å². The highest BCUT2D eigenvalue weighted by Gasteiger charge is 2.39. The maximum Gasteiger partial charge on any atom is 0.241 e. The Bertz CT molecular complexity index is 983. The van der Waals surface area contributed by atoms with Gasteiger partial charge < -0.3 is 9.80 Å². The lowest BCUT2D eigenvalue weighted by Crippen LogP contribution is -2.54. The van der Waals surface area contributed by atoms with E-state index in [2.05, 4.69) is 29.4 Å². The van der Waals surface area contributed by atoms with E-state index in [-0.39, 0.29) is 5.91 Å². The van der Waals surface area contributed by atoms with Crippen LogP contribution in [0.1, 0.15) is 12.8 Å². The predicted octanol–water partition coefficient (Wildman–Crippen LogP) is 2.09. The molecule has 152 valence electrons. The lowest BCUT2D eigenvalue weighted by Gasteiger charge is -2.36. The Hall–Kier alpha value is -1.36. The number of fused-ring (bicyclic) bond motifs is 1. The number of sulfonamides is 1. The normalized spacial score (nSPS) is 21.6. The number of thiazole rings is 1. The van der Waals surface area contributed by atoms with Gasteiger partial charge in [0, 0.05) is 37.6 Å². The van der Waals surface area contributed by atoms with Crippen LogP contribution in [0, 0.1) is 0 Å². The first kappa shape index (κ1) is 19.9. The molecule has 2 saturated heterocycles. The van der Waals surface area contributed by atoms with Crippen LogP contribution >= 0.6 is 23.1 Å².